The Kier molecular flexibility index (Phi) is 2.25. The van der Waals surface area contributed by atoms with E-state index in [9.17, 15) is 0 Å². The molecule has 0 radical (unpaired) electrons. The van der Waals surface area contributed by atoms with Gasteiger partial charge in [-0.1, -0.05) is 32.6 Å². The highest BCUT2D eigenvalue weighted by molar-refractivity contribution is 5.17. The molecule has 1 saturated carbocycles. The molecule has 1 aliphatic rings. The molecule has 0 saturated heterocycles. The summed E-state index contributed by atoms with van der Waals surface area (Å²) in [5.41, 5.74) is 0.435. The van der Waals surface area contributed by atoms with Gasteiger partial charge in [0, 0.05) is 11.3 Å². The molecule has 1 rings (SSSR count). The van der Waals surface area contributed by atoms with Gasteiger partial charge >= 0.3 is 0 Å². The summed E-state index contributed by atoms with van der Waals surface area (Å²) in [6.45, 7) is 11.3. The van der Waals surface area contributed by atoms with Crippen molar-refractivity contribution in [2.45, 2.75) is 47.5 Å². The van der Waals surface area contributed by atoms with Crippen molar-refractivity contribution < 1.29 is 0 Å². The molecule has 0 aromatic carbocycles. The van der Waals surface area contributed by atoms with Gasteiger partial charge in [-0.15, -0.1) is 0 Å². The predicted octanol–water partition coefficient (Wildman–Crippen LogP) is 3.47. The van der Waals surface area contributed by atoms with Crippen LogP contribution in [0.2, 0.25) is 0 Å². The number of hydrogen-bond donors (Lipinski definition) is 0. The van der Waals surface area contributed by atoms with Crippen LogP contribution in [0.4, 0.5) is 0 Å². The Morgan fingerprint density at radius 3 is 1.83 bits per heavy atom. The molecule has 0 heterocycles. The highest BCUT2D eigenvalue weighted by Gasteiger charge is 2.31. The summed E-state index contributed by atoms with van der Waals surface area (Å²) in [6.07, 6.45) is 2.65. The van der Waals surface area contributed by atoms with Crippen LogP contribution in [-0.2, 0) is 0 Å². The molecule has 0 unspecified atom stereocenters. The first-order chi connectivity index (χ1) is 5.33. The average Bonchev–Trinajstić information content (AvgIpc) is 2.62. The molecule has 0 aliphatic heterocycles. The second-order valence-electron chi connectivity index (χ2n) is 5.42. The van der Waals surface area contributed by atoms with E-state index in [0.717, 1.165) is 5.92 Å². The Balaban J connectivity index is 2.65. The van der Waals surface area contributed by atoms with Crippen LogP contribution < -0.4 is 0 Å². The van der Waals surface area contributed by atoms with E-state index in [2.05, 4.69) is 46.5 Å². The number of rotatable bonds is 0. The minimum absolute atomic E-state index is 0.148. The normalized spacial score (nSPS) is 18.4. The zero-order chi connectivity index (χ0) is 9.41. The summed E-state index contributed by atoms with van der Waals surface area (Å²) in [5.74, 6) is 7.49. The summed E-state index contributed by atoms with van der Waals surface area (Å²) >= 11 is 0. The molecular formula is C12H20. The van der Waals surface area contributed by atoms with Crippen LogP contribution >= 0.6 is 0 Å². The molecule has 1 aliphatic carbocycles. The molecule has 68 valence electrons. The van der Waals surface area contributed by atoms with Gasteiger partial charge in [0.25, 0.3) is 0 Å². The van der Waals surface area contributed by atoms with Crippen LogP contribution in [0.15, 0.2) is 0 Å². The molecule has 0 atom stereocenters. The fourth-order valence-corrected chi connectivity index (χ4v) is 0.698. The van der Waals surface area contributed by atoms with E-state index < -0.39 is 0 Å². The van der Waals surface area contributed by atoms with Crippen molar-refractivity contribution in [2.75, 3.05) is 0 Å². The average molecular weight is 164 g/mol. The van der Waals surface area contributed by atoms with Gasteiger partial charge in [0.15, 0.2) is 0 Å². The van der Waals surface area contributed by atoms with E-state index in [1.54, 1.807) is 0 Å². The van der Waals surface area contributed by atoms with Crippen molar-refractivity contribution in [1.29, 1.82) is 0 Å². The van der Waals surface area contributed by atoms with Crippen molar-refractivity contribution in [1.82, 2.24) is 0 Å². The molecule has 0 spiro atoms. The lowest BCUT2D eigenvalue weighted by molar-refractivity contribution is 0.204. The van der Waals surface area contributed by atoms with E-state index in [1.165, 1.54) is 12.8 Å². The van der Waals surface area contributed by atoms with Crippen molar-refractivity contribution >= 4 is 0 Å². The zero-order valence-electron chi connectivity index (χ0n) is 8.99. The second-order valence-corrected chi connectivity index (χ2v) is 5.42. The minimum atomic E-state index is 0.148. The van der Waals surface area contributed by atoms with E-state index >= 15 is 0 Å². The molecule has 0 amide bonds. The van der Waals surface area contributed by atoms with Crippen LogP contribution in [0.5, 0.6) is 0 Å². The fraction of sp³-hybridized carbons (Fsp3) is 0.833. The minimum Gasteiger partial charge on any atom is -0.0993 e. The fourth-order valence-electron chi connectivity index (χ4n) is 0.698. The lowest BCUT2D eigenvalue weighted by atomic mass is 9.70. The maximum atomic E-state index is 3.41. The van der Waals surface area contributed by atoms with Crippen molar-refractivity contribution in [3.05, 3.63) is 0 Å². The van der Waals surface area contributed by atoms with Gasteiger partial charge in [0.1, 0.15) is 0 Å². The van der Waals surface area contributed by atoms with Crippen LogP contribution in [0, 0.1) is 28.6 Å². The molecule has 0 nitrogen and oxygen atoms in total. The monoisotopic (exact) mass is 164 g/mol. The summed E-state index contributed by atoms with van der Waals surface area (Å²) in [5, 5.41) is 0. The Bertz CT molecular complexity index is 213. The molecule has 0 aromatic heterocycles. The van der Waals surface area contributed by atoms with Gasteiger partial charge in [0.2, 0.25) is 0 Å². The summed E-state index contributed by atoms with van der Waals surface area (Å²) in [7, 11) is 0. The quantitative estimate of drug-likeness (QED) is 0.481. The van der Waals surface area contributed by atoms with Crippen LogP contribution in [0.1, 0.15) is 47.5 Å². The largest absolute Gasteiger partial charge is 0.0993 e. The van der Waals surface area contributed by atoms with E-state index in [4.69, 9.17) is 0 Å². The molecule has 0 heteroatoms. The topological polar surface area (TPSA) is 0 Å². The molecule has 0 aromatic rings. The van der Waals surface area contributed by atoms with Crippen LogP contribution in [0.3, 0.4) is 0 Å². The molecular weight excluding hydrogens is 144 g/mol. The van der Waals surface area contributed by atoms with E-state index in [1.807, 2.05) is 0 Å². The first-order valence-corrected chi connectivity index (χ1v) is 4.86. The SMILES string of the molecule is CC(C)(C)C(C)(C)C#CC1CC1. The third kappa shape index (κ3) is 2.27. The first-order valence-electron chi connectivity index (χ1n) is 4.86. The zero-order valence-corrected chi connectivity index (χ0v) is 8.99. The third-order valence-corrected chi connectivity index (χ3v) is 3.04. The Hall–Kier alpha value is -0.440. The molecule has 1 fully saturated rings. The summed E-state index contributed by atoms with van der Waals surface area (Å²) in [6, 6.07) is 0. The van der Waals surface area contributed by atoms with Gasteiger partial charge in [-0.3, -0.25) is 0 Å². The number of hydrogen-bond acceptors (Lipinski definition) is 0. The Labute approximate surface area is 76.7 Å². The highest BCUT2D eigenvalue weighted by Crippen LogP contribution is 2.38. The lowest BCUT2D eigenvalue weighted by Gasteiger charge is -2.34. The van der Waals surface area contributed by atoms with Crippen molar-refractivity contribution in [3.8, 4) is 11.8 Å². The van der Waals surface area contributed by atoms with Crippen molar-refractivity contribution in [2.24, 2.45) is 16.7 Å². The lowest BCUT2D eigenvalue weighted by Crippen LogP contribution is -2.27. The second kappa shape index (κ2) is 2.80. The smallest absolute Gasteiger partial charge is 0.0306 e. The predicted molar refractivity (Wildman–Crippen MR) is 53.7 cm³/mol. The van der Waals surface area contributed by atoms with E-state index in [-0.39, 0.29) is 10.8 Å². The Morgan fingerprint density at radius 1 is 1.00 bits per heavy atom. The van der Waals surface area contributed by atoms with Gasteiger partial charge in [-0.05, 0) is 32.1 Å². The maximum Gasteiger partial charge on any atom is 0.0306 e. The van der Waals surface area contributed by atoms with Gasteiger partial charge in [-0.2, -0.15) is 0 Å². The first kappa shape index (κ1) is 9.65. The molecule has 0 N–H and O–H groups in total. The summed E-state index contributed by atoms with van der Waals surface area (Å²) < 4.78 is 0. The highest BCUT2D eigenvalue weighted by atomic mass is 14.3. The van der Waals surface area contributed by atoms with Crippen LogP contribution in [-0.4, -0.2) is 0 Å². The van der Waals surface area contributed by atoms with Gasteiger partial charge in [-0.25, -0.2) is 0 Å². The Morgan fingerprint density at radius 2 is 1.50 bits per heavy atom. The van der Waals surface area contributed by atoms with Gasteiger partial charge in [0.05, 0.1) is 0 Å². The molecule has 12 heavy (non-hydrogen) atoms. The standard InChI is InChI=1S/C12H20/c1-11(2,3)12(4,5)9-8-10-6-7-10/h10H,6-7H2,1-5H3. The van der Waals surface area contributed by atoms with Crippen LogP contribution in [0.25, 0.3) is 0 Å². The maximum absolute atomic E-state index is 3.41. The summed E-state index contributed by atoms with van der Waals surface area (Å²) in [4.78, 5) is 0. The van der Waals surface area contributed by atoms with E-state index in [0.29, 0.717) is 0 Å². The molecule has 0 bridgehead atoms. The van der Waals surface area contributed by atoms with Gasteiger partial charge < -0.3 is 0 Å². The van der Waals surface area contributed by atoms with Crippen molar-refractivity contribution in [3.63, 3.8) is 0 Å². The third-order valence-electron chi connectivity index (χ3n) is 3.04.